The number of alkyl halides is 1. The molecule has 0 aliphatic rings. The first kappa shape index (κ1) is 16.7. The molecule has 1 amide bonds. The smallest absolute Gasteiger partial charge is 0.226 e. The maximum Gasteiger partial charge on any atom is 0.226 e. The van der Waals surface area contributed by atoms with Gasteiger partial charge in [-0.1, -0.05) is 29.5 Å². The fourth-order valence-electron chi connectivity index (χ4n) is 1.74. The lowest BCUT2D eigenvalue weighted by atomic mass is 10.3. The Hall–Kier alpha value is -1.66. The van der Waals surface area contributed by atoms with Gasteiger partial charge in [-0.15, -0.1) is 21.8 Å². The van der Waals surface area contributed by atoms with E-state index >= 15 is 0 Å². The van der Waals surface area contributed by atoms with E-state index in [1.165, 1.54) is 11.3 Å². The molecule has 0 aliphatic heterocycles. The van der Waals surface area contributed by atoms with Gasteiger partial charge in [0.25, 0.3) is 0 Å². The van der Waals surface area contributed by atoms with E-state index in [0.29, 0.717) is 30.5 Å². The van der Waals surface area contributed by atoms with Gasteiger partial charge in [0.05, 0.1) is 6.61 Å². The summed E-state index contributed by atoms with van der Waals surface area (Å²) in [6, 6.07) is 9.55. The third-order valence-electron chi connectivity index (χ3n) is 2.80. The van der Waals surface area contributed by atoms with E-state index in [2.05, 4.69) is 15.5 Å². The van der Waals surface area contributed by atoms with Crippen LogP contribution in [0.4, 0.5) is 5.13 Å². The van der Waals surface area contributed by atoms with Crippen LogP contribution >= 0.6 is 22.9 Å². The Bertz CT molecular complexity index is 577. The molecule has 1 heterocycles. The second-order valence-electron chi connectivity index (χ2n) is 4.61. The van der Waals surface area contributed by atoms with Crippen LogP contribution in [-0.2, 0) is 11.2 Å². The average molecular weight is 340 g/mol. The van der Waals surface area contributed by atoms with Crippen LogP contribution in [0.15, 0.2) is 30.3 Å². The highest BCUT2D eigenvalue weighted by Gasteiger charge is 2.08. The number of carbonyl (C=O) groups excluding carboxylic acids is 1. The zero-order valence-electron chi connectivity index (χ0n) is 12.1. The summed E-state index contributed by atoms with van der Waals surface area (Å²) in [5.41, 5.74) is 0. The first-order chi connectivity index (χ1) is 10.8. The SMILES string of the molecule is O=C(CCCOc1ccccc1)Nc1nnc(CCCCl)s1. The van der Waals surface area contributed by atoms with Crippen LogP contribution in [0.2, 0.25) is 0 Å². The predicted octanol–water partition coefficient (Wildman–Crippen LogP) is 3.51. The molecular formula is C15H18ClN3O2S. The molecule has 0 radical (unpaired) electrons. The highest BCUT2D eigenvalue weighted by Crippen LogP contribution is 2.17. The Balaban J connectivity index is 1.64. The fraction of sp³-hybridized carbons (Fsp3) is 0.400. The van der Waals surface area contributed by atoms with E-state index < -0.39 is 0 Å². The quantitative estimate of drug-likeness (QED) is 0.561. The number of rotatable bonds is 9. The second-order valence-corrected chi connectivity index (χ2v) is 6.05. The summed E-state index contributed by atoms with van der Waals surface area (Å²) >= 11 is 7.03. The third kappa shape index (κ3) is 5.99. The maximum atomic E-state index is 11.8. The molecule has 5 nitrogen and oxygen atoms in total. The first-order valence-electron chi connectivity index (χ1n) is 7.14. The van der Waals surface area contributed by atoms with Crippen molar-refractivity contribution in [1.29, 1.82) is 0 Å². The van der Waals surface area contributed by atoms with Crippen molar-refractivity contribution in [2.24, 2.45) is 0 Å². The van der Waals surface area contributed by atoms with Gasteiger partial charge >= 0.3 is 0 Å². The molecule has 0 aliphatic carbocycles. The van der Waals surface area contributed by atoms with Crippen LogP contribution < -0.4 is 10.1 Å². The molecular weight excluding hydrogens is 322 g/mol. The van der Waals surface area contributed by atoms with Gasteiger partial charge in [-0.2, -0.15) is 0 Å². The van der Waals surface area contributed by atoms with E-state index in [4.69, 9.17) is 16.3 Å². The van der Waals surface area contributed by atoms with Crippen molar-refractivity contribution in [3.63, 3.8) is 0 Å². The summed E-state index contributed by atoms with van der Waals surface area (Å²) < 4.78 is 5.54. The molecule has 0 saturated heterocycles. The Morgan fingerprint density at radius 2 is 2.05 bits per heavy atom. The average Bonchev–Trinajstić information content (AvgIpc) is 2.98. The minimum absolute atomic E-state index is 0.0725. The van der Waals surface area contributed by atoms with Crippen molar-refractivity contribution < 1.29 is 9.53 Å². The zero-order chi connectivity index (χ0) is 15.6. The standard InChI is InChI=1S/C15H18ClN3O2S/c16-10-4-9-14-18-19-15(22-14)17-13(20)8-5-11-21-12-6-2-1-3-7-12/h1-3,6-7H,4-5,8-11H2,(H,17,19,20). The minimum atomic E-state index is -0.0725. The molecule has 1 aromatic heterocycles. The predicted molar refractivity (Wildman–Crippen MR) is 88.8 cm³/mol. The topological polar surface area (TPSA) is 64.1 Å². The molecule has 0 spiro atoms. The van der Waals surface area contributed by atoms with Crippen molar-refractivity contribution in [3.8, 4) is 5.75 Å². The van der Waals surface area contributed by atoms with Crippen LogP contribution in [-0.4, -0.2) is 28.6 Å². The number of hydrogen-bond donors (Lipinski definition) is 1. The molecule has 0 atom stereocenters. The number of aromatic nitrogens is 2. The maximum absolute atomic E-state index is 11.8. The van der Waals surface area contributed by atoms with E-state index in [1.54, 1.807) is 0 Å². The lowest BCUT2D eigenvalue weighted by Gasteiger charge is -2.05. The van der Waals surface area contributed by atoms with E-state index in [1.807, 2.05) is 30.3 Å². The number of nitrogens with zero attached hydrogens (tertiary/aromatic N) is 2. The number of hydrogen-bond acceptors (Lipinski definition) is 5. The normalized spacial score (nSPS) is 10.4. The number of anilines is 1. The molecule has 0 saturated carbocycles. The van der Waals surface area contributed by atoms with E-state index in [0.717, 1.165) is 23.6 Å². The molecule has 0 bridgehead atoms. The van der Waals surface area contributed by atoms with Crippen molar-refractivity contribution in [2.45, 2.75) is 25.7 Å². The van der Waals surface area contributed by atoms with Crippen molar-refractivity contribution >= 4 is 34.0 Å². The Morgan fingerprint density at radius 3 is 2.82 bits per heavy atom. The Kier molecular flexibility index (Phi) is 7.12. The number of amides is 1. The molecule has 118 valence electrons. The first-order valence-corrected chi connectivity index (χ1v) is 8.49. The molecule has 22 heavy (non-hydrogen) atoms. The number of nitrogens with one attached hydrogen (secondary N) is 1. The number of aryl methyl sites for hydroxylation is 1. The van der Waals surface area contributed by atoms with Crippen molar-refractivity contribution in [1.82, 2.24) is 10.2 Å². The zero-order valence-corrected chi connectivity index (χ0v) is 13.7. The number of carbonyl (C=O) groups is 1. The summed E-state index contributed by atoms with van der Waals surface area (Å²) in [4.78, 5) is 11.8. The Labute approximate surface area is 138 Å². The van der Waals surface area contributed by atoms with Gasteiger partial charge in [0.15, 0.2) is 0 Å². The summed E-state index contributed by atoms with van der Waals surface area (Å²) in [5.74, 6) is 1.34. The fourth-order valence-corrected chi connectivity index (χ4v) is 2.68. The number of ether oxygens (including phenoxy) is 1. The molecule has 0 unspecified atom stereocenters. The highest BCUT2D eigenvalue weighted by molar-refractivity contribution is 7.15. The molecule has 2 aromatic rings. The molecule has 2 rings (SSSR count). The summed E-state index contributed by atoms with van der Waals surface area (Å²) in [6.07, 6.45) is 2.70. The molecule has 1 N–H and O–H groups in total. The van der Waals surface area contributed by atoms with Crippen molar-refractivity contribution in [3.05, 3.63) is 35.3 Å². The summed E-state index contributed by atoms with van der Waals surface area (Å²) in [5, 5.41) is 12.1. The van der Waals surface area contributed by atoms with Gasteiger partial charge in [0.1, 0.15) is 10.8 Å². The number of para-hydroxylation sites is 1. The largest absolute Gasteiger partial charge is 0.494 e. The number of halogens is 1. The summed E-state index contributed by atoms with van der Waals surface area (Å²) in [6.45, 7) is 0.508. The minimum Gasteiger partial charge on any atom is -0.494 e. The highest BCUT2D eigenvalue weighted by atomic mass is 35.5. The Morgan fingerprint density at radius 1 is 1.23 bits per heavy atom. The van der Waals surface area contributed by atoms with Gasteiger partial charge in [-0.3, -0.25) is 4.79 Å². The van der Waals surface area contributed by atoms with Gasteiger partial charge < -0.3 is 10.1 Å². The molecule has 1 aromatic carbocycles. The van der Waals surface area contributed by atoms with E-state index in [-0.39, 0.29) is 5.91 Å². The number of benzene rings is 1. The molecule has 0 fully saturated rings. The second kappa shape index (κ2) is 9.38. The lowest BCUT2D eigenvalue weighted by Crippen LogP contribution is -2.12. The van der Waals surface area contributed by atoms with Crippen LogP contribution in [0.3, 0.4) is 0 Å². The molecule has 7 heteroatoms. The third-order valence-corrected chi connectivity index (χ3v) is 3.96. The van der Waals surface area contributed by atoms with Crippen LogP contribution in [0.5, 0.6) is 5.75 Å². The van der Waals surface area contributed by atoms with Gasteiger partial charge in [-0.25, -0.2) is 0 Å². The van der Waals surface area contributed by atoms with Gasteiger partial charge in [0, 0.05) is 18.7 Å². The van der Waals surface area contributed by atoms with Crippen LogP contribution in [0.25, 0.3) is 0 Å². The summed E-state index contributed by atoms with van der Waals surface area (Å²) in [7, 11) is 0. The van der Waals surface area contributed by atoms with Crippen LogP contribution in [0.1, 0.15) is 24.3 Å². The monoisotopic (exact) mass is 339 g/mol. The van der Waals surface area contributed by atoms with Crippen LogP contribution in [0, 0.1) is 0 Å². The van der Waals surface area contributed by atoms with Gasteiger partial charge in [-0.05, 0) is 25.0 Å². The van der Waals surface area contributed by atoms with Crippen molar-refractivity contribution in [2.75, 3.05) is 17.8 Å². The lowest BCUT2D eigenvalue weighted by molar-refractivity contribution is -0.116. The van der Waals surface area contributed by atoms with Gasteiger partial charge in [0.2, 0.25) is 11.0 Å². The van der Waals surface area contributed by atoms with E-state index in [9.17, 15) is 4.79 Å².